The van der Waals surface area contributed by atoms with Gasteiger partial charge in [-0.1, -0.05) is 0 Å². The van der Waals surface area contributed by atoms with E-state index in [2.05, 4.69) is 4.74 Å². The molecule has 0 atom stereocenters. The van der Waals surface area contributed by atoms with Crippen LogP contribution in [0.4, 0.5) is 8.78 Å². The van der Waals surface area contributed by atoms with Gasteiger partial charge in [0.25, 0.3) is 0 Å². The highest BCUT2D eigenvalue weighted by molar-refractivity contribution is 5.98. The zero-order valence-electron chi connectivity index (χ0n) is 12.8. The third kappa shape index (κ3) is 4.85. The molecular formula is C16H17F2NO3. The highest BCUT2D eigenvalue weighted by atomic mass is 19.3. The van der Waals surface area contributed by atoms with Crippen molar-refractivity contribution in [2.45, 2.75) is 40.4 Å². The average Bonchev–Trinajstić information content (AvgIpc) is 2.39. The van der Waals surface area contributed by atoms with Crippen LogP contribution in [-0.4, -0.2) is 18.7 Å². The van der Waals surface area contributed by atoms with Gasteiger partial charge in [-0.05, 0) is 62.6 Å². The summed E-state index contributed by atoms with van der Waals surface area (Å²) in [7, 11) is 0. The molecule has 22 heavy (non-hydrogen) atoms. The number of halogens is 2. The Bertz CT molecular complexity index is 608. The van der Waals surface area contributed by atoms with E-state index < -0.39 is 12.6 Å². The smallest absolute Gasteiger partial charge is 0.387 e. The molecule has 1 aromatic carbocycles. The lowest BCUT2D eigenvalue weighted by atomic mass is 10.0. The van der Waals surface area contributed by atoms with Crippen molar-refractivity contribution in [3.63, 3.8) is 0 Å². The van der Waals surface area contributed by atoms with E-state index in [1.54, 1.807) is 45.9 Å². The second kappa shape index (κ2) is 7.55. The van der Waals surface area contributed by atoms with Crippen LogP contribution in [0, 0.1) is 25.2 Å². The number of aryl methyl sites for hydroxylation is 2. The Labute approximate surface area is 128 Å². The first-order valence-corrected chi connectivity index (χ1v) is 6.63. The van der Waals surface area contributed by atoms with Gasteiger partial charge in [-0.3, -0.25) is 0 Å². The van der Waals surface area contributed by atoms with Gasteiger partial charge in [0.2, 0.25) is 0 Å². The number of nitrogens with zero attached hydrogens (tertiary/aromatic N) is 1. The maximum absolute atomic E-state index is 12.3. The molecule has 0 heterocycles. The van der Waals surface area contributed by atoms with Crippen LogP contribution in [0.25, 0.3) is 6.08 Å². The van der Waals surface area contributed by atoms with Crippen molar-refractivity contribution < 1.29 is 23.0 Å². The van der Waals surface area contributed by atoms with E-state index >= 15 is 0 Å². The van der Waals surface area contributed by atoms with Crippen molar-refractivity contribution in [1.82, 2.24) is 0 Å². The Morgan fingerprint density at radius 2 is 1.82 bits per heavy atom. The zero-order chi connectivity index (χ0) is 16.9. The molecule has 0 amide bonds. The molecule has 0 aliphatic heterocycles. The molecule has 0 N–H and O–H groups in total. The summed E-state index contributed by atoms with van der Waals surface area (Å²) in [6.45, 7) is 3.67. The van der Waals surface area contributed by atoms with E-state index in [1.165, 1.54) is 6.08 Å². The standard InChI is InChI=1S/C16H17F2NO3/c1-9(2)21-15(20)13(8-19)7-12-5-10(3)14(11(4)6-12)22-16(17)18/h5-7,9,16H,1-4H3. The number of alkyl halides is 2. The van der Waals surface area contributed by atoms with Gasteiger partial charge in [0.05, 0.1) is 6.10 Å². The lowest BCUT2D eigenvalue weighted by Gasteiger charge is -2.12. The van der Waals surface area contributed by atoms with Crippen LogP contribution >= 0.6 is 0 Å². The van der Waals surface area contributed by atoms with Gasteiger partial charge in [0, 0.05) is 0 Å². The Morgan fingerprint density at radius 1 is 1.27 bits per heavy atom. The van der Waals surface area contributed by atoms with E-state index in [1.807, 2.05) is 0 Å². The number of rotatable bonds is 5. The Balaban J connectivity index is 3.14. The van der Waals surface area contributed by atoms with Crippen molar-refractivity contribution in [2.24, 2.45) is 0 Å². The quantitative estimate of drug-likeness (QED) is 0.472. The number of benzene rings is 1. The topological polar surface area (TPSA) is 59.3 Å². The lowest BCUT2D eigenvalue weighted by Crippen LogP contribution is -2.12. The van der Waals surface area contributed by atoms with Crippen molar-refractivity contribution in [3.8, 4) is 11.8 Å². The SMILES string of the molecule is Cc1cc(C=C(C#N)C(=O)OC(C)C)cc(C)c1OC(F)F. The summed E-state index contributed by atoms with van der Waals surface area (Å²) < 4.78 is 34.1. The van der Waals surface area contributed by atoms with Crippen molar-refractivity contribution >= 4 is 12.0 Å². The summed E-state index contributed by atoms with van der Waals surface area (Å²) in [6.07, 6.45) is 1.02. The molecule has 0 spiro atoms. The maximum atomic E-state index is 12.3. The largest absolute Gasteiger partial charge is 0.459 e. The first-order chi connectivity index (χ1) is 10.2. The van der Waals surface area contributed by atoms with Crippen LogP contribution in [0.1, 0.15) is 30.5 Å². The fourth-order valence-electron chi connectivity index (χ4n) is 1.92. The summed E-state index contributed by atoms with van der Waals surface area (Å²) in [4.78, 5) is 11.7. The summed E-state index contributed by atoms with van der Waals surface area (Å²) in [5, 5.41) is 9.04. The molecule has 1 aromatic rings. The average molecular weight is 309 g/mol. The summed E-state index contributed by atoms with van der Waals surface area (Å²) >= 11 is 0. The molecule has 6 heteroatoms. The molecule has 0 bridgehead atoms. The molecule has 1 rings (SSSR count). The molecule has 0 unspecified atom stereocenters. The Hall–Kier alpha value is -2.42. The number of carbonyl (C=O) groups is 1. The first kappa shape index (κ1) is 17.6. The second-order valence-corrected chi connectivity index (χ2v) is 4.99. The number of hydrogen-bond donors (Lipinski definition) is 0. The lowest BCUT2D eigenvalue weighted by molar-refractivity contribution is -0.142. The minimum atomic E-state index is -2.91. The van der Waals surface area contributed by atoms with E-state index in [-0.39, 0.29) is 17.4 Å². The molecule has 118 valence electrons. The minimum Gasteiger partial charge on any atom is -0.459 e. The second-order valence-electron chi connectivity index (χ2n) is 4.99. The molecule has 4 nitrogen and oxygen atoms in total. The molecule has 0 saturated heterocycles. The zero-order valence-corrected chi connectivity index (χ0v) is 12.8. The van der Waals surface area contributed by atoms with Crippen LogP contribution in [0.3, 0.4) is 0 Å². The molecule has 0 aliphatic rings. The van der Waals surface area contributed by atoms with Crippen molar-refractivity contribution in [2.75, 3.05) is 0 Å². The summed E-state index contributed by atoms with van der Waals surface area (Å²) in [5.41, 5.74) is 1.35. The van der Waals surface area contributed by atoms with E-state index in [4.69, 9.17) is 10.00 Å². The third-order valence-electron chi connectivity index (χ3n) is 2.68. The van der Waals surface area contributed by atoms with Gasteiger partial charge in [-0.15, -0.1) is 0 Å². The van der Waals surface area contributed by atoms with Gasteiger partial charge < -0.3 is 9.47 Å². The molecule has 0 aliphatic carbocycles. The molecular weight excluding hydrogens is 292 g/mol. The predicted octanol–water partition coefficient (Wildman–Crippen LogP) is 3.76. The van der Waals surface area contributed by atoms with Gasteiger partial charge in [-0.25, -0.2) is 4.79 Å². The maximum Gasteiger partial charge on any atom is 0.387 e. The number of esters is 1. The highest BCUT2D eigenvalue weighted by Crippen LogP contribution is 2.27. The van der Waals surface area contributed by atoms with Crippen molar-refractivity contribution in [3.05, 3.63) is 34.4 Å². The van der Waals surface area contributed by atoms with E-state index in [0.717, 1.165) is 0 Å². The van der Waals surface area contributed by atoms with Crippen LogP contribution in [-0.2, 0) is 9.53 Å². The summed E-state index contributed by atoms with van der Waals surface area (Å²) in [5.74, 6) is -0.629. The van der Waals surface area contributed by atoms with Crippen LogP contribution in [0.5, 0.6) is 5.75 Å². The normalized spacial score (nSPS) is 11.5. The minimum absolute atomic E-state index is 0.0930. The van der Waals surface area contributed by atoms with E-state index in [0.29, 0.717) is 16.7 Å². The molecule has 0 saturated carbocycles. The van der Waals surface area contributed by atoms with Crippen LogP contribution in [0.2, 0.25) is 0 Å². The van der Waals surface area contributed by atoms with Gasteiger partial charge in [0.15, 0.2) is 0 Å². The van der Waals surface area contributed by atoms with E-state index in [9.17, 15) is 13.6 Å². The van der Waals surface area contributed by atoms with Crippen LogP contribution < -0.4 is 4.74 Å². The van der Waals surface area contributed by atoms with Gasteiger partial charge in [-0.2, -0.15) is 14.0 Å². The van der Waals surface area contributed by atoms with Gasteiger partial charge >= 0.3 is 12.6 Å². The summed E-state index contributed by atoms with van der Waals surface area (Å²) in [6, 6.07) is 4.90. The molecule has 0 aromatic heterocycles. The fraction of sp³-hybridized carbons (Fsp3) is 0.375. The first-order valence-electron chi connectivity index (χ1n) is 6.63. The predicted molar refractivity (Wildman–Crippen MR) is 77.4 cm³/mol. The number of carbonyl (C=O) groups excluding carboxylic acids is 1. The van der Waals surface area contributed by atoms with Crippen molar-refractivity contribution in [1.29, 1.82) is 5.26 Å². The number of nitriles is 1. The van der Waals surface area contributed by atoms with Crippen LogP contribution in [0.15, 0.2) is 17.7 Å². The molecule has 0 fully saturated rings. The van der Waals surface area contributed by atoms with Gasteiger partial charge in [0.1, 0.15) is 17.4 Å². The number of hydrogen-bond acceptors (Lipinski definition) is 4. The monoisotopic (exact) mass is 309 g/mol. The highest BCUT2D eigenvalue weighted by Gasteiger charge is 2.14. The fourth-order valence-corrected chi connectivity index (χ4v) is 1.92. The molecule has 0 radical (unpaired) electrons. The Kier molecular flexibility index (Phi) is 6.05. The number of ether oxygens (including phenoxy) is 2. The Morgan fingerprint density at radius 3 is 2.23 bits per heavy atom. The third-order valence-corrected chi connectivity index (χ3v) is 2.68.